The van der Waals surface area contributed by atoms with Crippen molar-refractivity contribution < 1.29 is 0 Å². The summed E-state index contributed by atoms with van der Waals surface area (Å²) in [5.74, 6) is 0.819. The van der Waals surface area contributed by atoms with Crippen LogP contribution >= 0.6 is 0 Å². The zero-order valence-corrected chi connectivity index (χ0v) is 19.3. The van der Waals surface area contributed by atoms with Gasteiger partial charge in [0, 0.05) is 6.54 Å². The number of aromatic nitrogens is 8. The van der Waals surface area contributed by atoms with Gasteiger partial charge in [0.15, 0.2) is 0 Å². The van der Waals surface area contributed by atoms with Crippen molar-refractivity contribution in [1.82, 2.24) is 38.9 Å². The number of benzene rings is 3. The van der Waals surface area contributed by atoms with Gasteiger partial charge in [0.05, 0.1) is 41.7 Å². The van der Waals surface area contributed by atoms with E-state index in [1.165, 1.54) is 5.56 Å². The Balaban J connectivity index is 1.42. The van der Waals surface area contributed by atoms with E-state index in [1.807, 2.05) is 51.6 Å². The van der Waals surface area contributed by atoms with Crippen molar-refractivity contribution in [3.05, 3.63) is 107 Å². The second kappa shape index (κ2) is 8.68. The third kappa shape index (κ3) is 3.90. The highest BCUT2D eigenvalue weighted by molar-refractivity contribution is 5.77. The van der Waals surface area contributed by atoms with Crippen LogP contribution in [0.3, 0.4) is 0 Å². The highest BCUT2D eigenvalue weighted by Gasteiger charge is 2.17. The Morgan fingerprint density at radius 2 is 1.43 bits per heavy atom. The van der Waals surface area contributed by atoms with Crippen LogP contribution in [0.25, 0.3) is 22.1 Å². The molecule has 174 valence electrons. The minimum absolute atomic E-state index is 0.0501. The molecule has 6 rings (SSSR count). The van der Waals surface area contributed by atoms with E-state index in [2.05, 4.69) is 57.3 Å². The van der Waals surface area contributed by atoms with E-state index < -0.39 is 0 Å². The predicted octanol–water partition coefficient (Wildman–Crippen LogP) is 3.24. The van der Waals surface area contributed by atoms with Crippen LogP contribution in [0, 0.1) is 6.92 Å². The first-order valence-corrected chi connectivity index (χ1v) is 11.6. The maximum absolute atomic E-state index is 13.7. The Morgan fingerprint density at radius 3 is 2.14 bits per heavy atom. The number of rotatable bonds is 7. The lowest BCUT2D eigenvalue weighted by molar-refractivity contribution is 0.509. The van der Waals surface area contributed by atoms with Crippen molar-refractivity contribution in [2.75, 3.05) is 0 Å². The fourth-order valence-electron chi connectivity index (χ4n) is 4.58. The van der Waals surface area contributed by atoms with E-state index >= 15 is 0 Å². The molecule has 0 saturated carbocycles. The minimum atomic E-state index is -0.0501. The molecule has 3 aromatic carbocycles. The summed E-state index contributed by atoms with van der Waals surface area (Å²) in [7, 11) is 0. The predicted molar refractivity (Wildman–Crippen MR) is 133 cm³/mol. The van der Waals surface area contributed by atoms with Crippen molar-refractivity contribution in [2.24, 2.45) is 0 Å². The number of nitrogens with zero attached hydrogens (tertiary/aromatic N) is 8. The molecule has 9 heteroatoms. The minimum Gasteiger partial charge on any atom is -0.325 e. The van der Waals surface area contributed by atoms with Crippen LogP contribution in [0.1, 0.15) is 17.0 Å². The second-order valence-electron chi connectivity index (χ2n) is 8.67. The monoisotopic (exact) mass is 464 g/mol. The maximum Gasteiger partial charge on any atom is 0.329 e. The lowest BCUT2D eigenvalue weighted by Crippen LogP contribution is -2.26. The third-order valence-electron chi connectivity index (χ3n) is 6.36. The standard InChI is InChI=1S/C26H24N8O/c1-19-10-12-20(13-11-19)16-33-23-8-4-5-9-24(23)34(26(33)35)17-25-28-21-6-2-3-7-22(21)32(25)15-14-31-18-27-29-30-31/h2-13,18H,14-17H2,1H3. The first kappa shape index (κ1) is 21.0. The van der Waals surface area contributed by atoms with Gasteiger partial charge in [-0.25, -0.2) is 14.5 Å². The molecule has 0 spiro atoms. The van der Waals surface area contributed by atoms with Crippen LogP contribution in [-0.2, 0) is 26.2 Å². The van der Waals surface area contributed by atoms with Crippen LogP contribution < -0.4 is 5.69 Å². The molecule has 3 aromatic heterocycles. The highest BCUT2D eigenvalue weighted by atomic mass is 16.1. The second-order valence-corrected chi connectivity index (χ2v) is 8.67. The Kier molecular flexibility index (Phi) is 5.21. The summed E-state index contributed by atoms with van der Waals surface area (Å²) >= 11 is 0. The van der Waals surface area contributed by atoms with Crippen LogP contribution in [0.4, 0.5) is 0 Å². The Morgan fingerprint density at radius 1 is 0.743 bits per heavy atom. The maximum atomic E-state index is 13.7. The topological polar surface area (TPSA) is 88.4 Å². The fourth-order valence-corrected chi connectivity index (χ4v) is 4.58. The van der Waals surface area contributed by atoms with Crippen molar-refractivity contribution in [3.8, 4) is 0 Å². The lowest BCUT2D eigenvalue weighted by Gasteiger charge is -2.10. The molecule has 0 N–H and O–H groups in total. The van der Waals surface area contributed by atoms with Gasteiger partial charge in [-0.3, -0.25) is 9.13 Å². The van der Waals surface area contributed by atoms with E-state index in [0.29, 0.717) is 26.2 Å². The quantitative estimate of drug-likeness (QED) is 0.362. The first-order valence-electron chi connectivity index (χ1n) is 11.6. The van der Waals surface area contributed by atoms with Gasteiger partial charge < -0.3 is 4.57 Å². The van der Waals surface area contributed by atoms with Gasteiger partial charge >= 0.3 is 5.69 Å². The van der Waals surface area contributed by atoms with Crippen LogP contribution in [0.2, 0.25) is 0 Å². The number of fused-ring (bicyclic) bond motifs is 2. The molecule has 3 heterocycles. The number of para-hydroxylation sites is 4. The van der Waals surface area contributed by atoms with Crippen molar-refractivity contribution >= 4 is 22.1 Å². The van der Waals surface area contributed by atoms with Crippen molar-refractivity contribution in [2.45, 2.75) is 33.1 Å². The first-order chi connectivity index (χ1) is 17.2. The molecule has 6 aromatic rings. The Labute approximate surface area is 200 Å². The normalized spacial score (nSPS) is 11.6. The SMILES string of the molecule is Cc1ccc(Cn2c(=O)n(Cc3nc4ccccc4n3CCn3cnnn3)c3ccccc32)cc1. The van der Waals surface area contributed by atoms with E-state index in [4.69, 9.17) is 4.98 Å². The molecule has 0 atom stereocenters. The number of imidazole rings is 2. The number of tetrazole rings is 1. The van der Waals surface area contributed by atoms with Gasteiger partial charge in [-0.1, -0.05) is 54.1 Å². The van der Waals surface area contributed by atoms with Crippen LogP contribution in [0.15, 0.2) is 83.9 Å². The lowest BCUT2D eigenvalue weighted by atomic mass is 10.1. The van der Waals surface area contributed by atoms with E-state index in [1.54, 1.807) is 11.0 Å². The molecular weight excluding hydrogens is 440 g/mol. The molecule has 0 aliphatic rings. The van der Waals surface area contributed by atoms with E-state index in [0.717, 1.165) is 33.5 Å². The van der Waals surface area contributed by atoms with Gasteiger partial charge in [0.1, 0.15) is 12.2 Å². The molecule has 9 nitrogen and oxygen atoms in total. The highest BCUT2D eigenvalue weighted by Crippen LogP contribution is 2.20. The molecule has 0 unspecified atom stereocenters. The zero-order chi connectivity index (χ0) is 23.8. The van der Waals surface area contributed by atoms with Gasteiger partial charge in [0.2, 0.25) is 0 Å². The molecule has 35 heavy (non-hydrogen) atoms. The molecule has 0 radical (unpaired) electrons. The molecule has 0 fully saturated rings. The summed E-state index contributed by atoms with van der Waals surface area (Å²) in [6.45, 7) is 4.18. The smallest absolute Gasteiger partial charge is 0.325 e. The Bertz CT molecular complexity index is 1670. The van der Waals surface area contributed by atoms with E-state index in [9.17, 15) is 4.79 Å². The molecule has 0 bridgehead atoms. The molecular formula is C26H24N8O. The summed E-state index contributed by atoms with van der Waals surface area (Å²) in [6.07, 6.45) is 1.60. The Hall–Kier alpha value is -4.53. The molecule has 0 aliphatic heterocycles. The van der Waals surface area contributed by atoms with Gasteiger partial charge in [-0.05, 0) is 47.2 Å². The number of hydrogen-bond donors (Lipinski definition) is 0. The van der Waals surface area contributed by atoms with Gasteiger partial charge in [-0.2, -0.15) is 0 Å². The summed E-state index contributed by atoms with van der Waals surface area (Å²) < 4.78 is 7.50. The van der Waals surface area contributed by atoms with Crippen LogP contribution in [-0.4, -0.2) is 38.9 Å². The summed E-state index contributed by atoms with van der Waals surface area (Å²) in [5, 5.41) is 11.4. The van der Waals surface area contributed by atoms with E-state index in [-0.39, 0.29) is 5.69 Å². The summed E-state index contributed by atoms with van der Waals surface area (Å²) in [4.78, 5) is 18.6. The zero-order valence-electron chi connectivity index (χ0n) is 19.3. The third-order valence-corrected chi connectivity index (χ3v) is 6.36. The van der Waals surface area contributed by atoms with Crippen molar-refractivity contribution in [3.63, 3.8) is 0 Å². The largest absolute Gasteiger partial charge is 0.329 e. The molecule has 0 saturated heterocycles. The number of aryl methyl sites for hydroxylation is 3. The summed E-state index contributed by atoms with van der Waals surface area (Å²) in [5.41, 5.74) is 5.96. The van der Waals surface area contributed by atoms with Crippen LogP contribution in [0.5, 0.6) is 0 Å². The molecule has 0 aliphatic carbocycles. The van der Waals surface area contributed by atoms with Gasteiger partial charge in [0.25, 0.3) is 0 Å². The average molecular weight is 465 g/mol. The fraction of sp³-hybridized carbons (Fsp3) is 0.192. The van der Waals surface area contributed by atoms with Gasteiger partial charge in [-0.15, -0.1) is 5.10 Å². The van der Waals surface area contributed by atoms with Crippen molar-refractivity contribution in [1.29, 1.82) is 0 Å². The summed E-state index contributed by atoms with van der Waals surface area (Å²) in [6, 6.07) is 24.3. The average Bonchev–Trinajstić information content (AvgIpc) is 3.58. The molecule has 0 amide bonds. The number of hydrogen-bond acceptors (Lipinski definition) is 5.